The molecule has 3 rings (SSSR count). The molecule has 29 heavy (non-hydrogen) atoms. The molecule has 1 fully saturated rings. The van der Waals surface area contributed by atoms with E-state index in [9.17, 15) is 23.1 Å². The van der Waals surface area contributed by atoms with Gasteiger partial charge in [0.15, 0.2) is 0 Å². The van der Waals surface area contributed by atoms with Crippen LogP contribution in [0.2, 0.25) is 0 Å². The van der Waals surface area contributed by atoms with E-state index in [2.05, 4.69) is 15.4 Å². The van der Waals surface area contributed by atoms with Gasteiger partial charge in [-0.05, 0) is 37.1 Å². The number of sulfonamides is 1. The molecule has 1 atom stereocenters. The number of benzene rings is 1. The highest BCUT2D eigenvalue weighted by atomic mass is 32.2. The summed E-state index contributed by atoms with van der Waals surface area (Å²) in [4.78, 5) is 24.8. The lowest BCUT2D eigenvalue weighted by Gasteiger charge is -2.24. The van der Waals surface area contributed by atoms with Crippen LogP contribution in [0, 0.1) is 5.92 Å². The number of hydrogen-bond acceptors (Lipinski definition) is 5. The van der Waals surface area contributed by atoms with Crippen LogP contribution in [0.15, 0.2) is 35.6 Å². The van der Waals surface area contributed by atoms with E-state index in [1.165, 1.54) is 13.5 Å². The van der Waals surface area contributed by atoms with Crippen LogP contribution in [0.5, 0.6) is 0 Å². The minimum Gasteiger partial charge on any atom is -0.509 e. The molecular formula is C20H27N3O5S. The summed E-state index contributed by atoms with van der Waals surface area (Å²) in [6.45, 7) is 0. The van der Waals surface area contributed by atoms with Crippen LogP contribution in [0.3, 0.4) is 0 Å². The average molecular weight is 422 g/mol. The Kier molecular flexibility index (Phi) is 6.59. The normalized spacial score (nSPS) is 20.6. The molecule has 2 aliphatic rings. The highest BCUT2D eigenvalue weighted by Crippen LogP contribution is 2.31. The van der Waals surface area contributed by atoms with Crippen molar-refractivity contribution >= 4 is 27.5 Å². The third-order valence-electron chi connectivity index (χ3n) is 5.52. The SMILES string of the molecule is CNS(=O)(=O)Cc1ccc(NC(=O)C2=C(O)C(CC3CCCCC3)NC2=O)cc1. The minimum absolute atomic E-state index is 0.172. The number of carbonyl (C=O) groups is 2. The van der Waals surface area contributed by atoms with E-state index in [0.29, 0.717) is 23.6 Å². The lowest BCUT2D eigenvalue weighted by atomic mass is 9.84. The zero-order chi connectivity index (χ0) is 21.0. The van der Waals surface area contributed by atoms with Crippen LogP contribution in [-0.2, 0) is 25.4 Å². The second-order valence-electron chi connectivity index (χ2n) is 7.64. The molecule has 8 nitrogen and oxygen atoms in total. The number of hydrogen-bond donors (Lipinski definition) is 4. The third-order valence-corrected chi connectivity index (χ3v) is 6.85. The lowest BCUT2D eigenvalue weighted by Crippen LogP contribution is -2.32. The molecule has 158 valence electrons. The van der Waals surface area contributed by atoms with Gasteiger partial charge in [-0.3, -0.25) is 9.59 Å². The van der Waals surface area contributed by atoms with E-state index in [-0.39, 0.29) is 17.1 Å². The summed E-state index contributed by atoms with van der Waals surface area (Å²) >= 11 is 0. The third kappa shape index (κ3) is 5.36. The van der Waals surface area contributed by atoms with Gasteiger partial charge in [-0.2, -0.15) is 0 Å². The Morgan fingerprint density at radius 3 is 2.45 bits per heavy atom. The topological polar surface area (TPSA) is 125 Å². The molecule has 0 bridgehead atoms. The molecule has 0 radical (unpaired) electrons. The predicted molar refractivity (Wildman–Crippen MR) is 110 cm³/mol. The van der Waals surface area contributed by atoms with Gasteiger partial charge in [0, 0.05) is 5.69 Å². The number of carbonyl (C=O) groups excluding carboxylic acids is 2. The van der Waals surface area contributed by atoms with Crippen molar-refractivity contribution in [1.82, 2.24) is 10.0 Å². The molecule has 1 aliphatic heterocycles. The van der Waals surface area contributed by atoms with Gasteiger partial charge in [-0.25, -0.2) is 13.1 Å². The van der Waals surface area contributed by atoms with Crippen LogP contribution in [0.1, 0.15) is 44.1 Å². The van der Waals surface area contributed by atoms with Crippen LogP contribution in [0.4, 0.5) is 5.69 Å². The highest BCUT2D eigenvalue weighted by molar-refractivity contribution is 7.88. The molecule has 1 unspecified atom stereocenters. The number of aliphatic hydroxyl groups is 1. The van der Waals surface area contributed by atoms with Gasteiger partial charge in [-0.15, -0.1) is 0 Å². The number of amides is 2. The Hall–Kier alpha value is -2.39. The lowest BCUT2D eigenvalue weighted by molar-refractivity contribution is -0.120. The van der Waals surface area contributed by atoms with Gasteiger partial charge in [0.25, 0.3) is 11.8 Å². The van der Waals surface area contributed by atoms with Crippen molar-refractivity contribution in [2.45, 2.75) is 50.3 Å². The fourth-order valence-electron chi connectivity index (χ4n) is 3.90. The van der Waals surface area contributed by atoms with Gasteiger partial charge in [0.05, 0.1) is 11.8 Å². The van der Waals surface area contributed by atoms with E-state index in [1.54, 1.807) is 24.3 Å². The minimum atomic E-state index is -3.39. The van der Waals surface area contributed by atoms with Crippen molar-refractivity contribution in [3.63, 3.8) is 0 Å². The Bertz CT molecular complexity index is 903. The number of aliphatic hydroxyl groups excluding tert-OH is 1. The standard InChI is InChI=1S/C20H27N3O5S/c1-21-29(27,28)12-14-7-9-15(10-8-14)22-19(25)17-18(24)16(23-20(17)26)11-13-5-3-2-4-6-13/h7-10,13,16,21,24H,2-6,11-12H2,1H3,(H,22,25)(H,23,26). The first-order valence-corrected chi connectivity index (χ1v) is 11.5. The second kappa shape index (κ2) is 8.96. The summed E-state index contributed by atoms with van der Waals surface area (Å²) in [6, 6.07) is 5.77. The Balaban J connectivity index is 1.65. The maximum absolute atomic E-state index is 12.5. The van der Waals surface area contributed by atoms with E-state index in [4.69, 9.17) is 0 Å². The maximum atomic E-state index is 12.5. The summed E-state index contributed by atoms with van der Waals surface area (Å²) in [5.41, 5.74) is 0.711. The van der Waals surface area contributed by atoms with Crippen LogP contribution < -0.4 is 15.4 Å². The van der Waals surface area contributed by atoms with Crippen molar-refractivity contribution in [3.8, 4) is 0 Å². The molecule has 0 spiro atoms. The van der Waals surface area contributed by atoms with Gasteiger partial charge in [0.2, 0.25) is 10.0 Å². The summed E-state index contributed by atoms with van der Waals surface area (Å²) < 4.78 is 25.4. The summed E-state index contributed by atoms with van der Waals surface area (Å²) in [5, 5.41) is 15.8. The zero-order valence-electron chi connectivity index (χ0n) is 16.4. The Labute approximate surface area is 170 Å². The smallest absolute Gasteiger partial charge is 0.264 e. The monoisotopic (exact) mass is 421 g/mol. The molecule has 0 saturated heterocycles. The van der Waals surface area contributed by atoms with Crippen molar-refractivity contribution in [1.29, 1.82) is 0 Å². The molecule has 1 aliphatic carbocycles. The predicted octanol–water partition coefficient (Wildman–Crippen LogP) is 1.96. The first-order valence-electron chi connectivity index (χ1n) is 9.84. The van der Waals surface area contributed by atoms with E-state index < -0.39 is 27.9 Å². The van der Waals surface area contributed by atoms with Crippen molar-refractivity contribution in [2.75, 3.05) is 12.4 Å². The summed E-state index contributed by atoms with van der Waals surface area (Å²) in [7, 11) is -2.04. The maximum Gasteiger partial charge on any atom is 0.264 e. The molecule has 0 aromatic heterocycles. The molecular weight excluding hydrogens is 394 g/mol. The molecule has 1 aromatic rings. The average Bonchev–Trinajstić information content (AvgIpc) is 2.97. The summed E-state index contributed by atoms with van der Waals surface area (Å²) in [6.07, 6.45) is 6.35. The van der Waals surface area contributed by atoms with E-state index in [1.807, 2.05) is 0 Å². The fraction of sp³-hybridized carbons (Fsp3) is 0.500. The van der Waals surface area contributed by atoms with Gasteiger partial charge >= 0.3 is 0 Å². The Morgan fingerprint density at radius 1 is 1.17 bits per heavy atom. The second-order valence-corrected chi connectivity index (χ2v) is 9.57. The first-order chi connectivity index (χ1) is 13.8. The van der Waals surface area contributed by atoms with E-state index in [0.717, 1.165) is 25.7 Å². The Morgan fingerprint density at radius 2 is 1.83 bits per heavy atom. The molecule has 4 N–H and O–H groups in total. The molecule has 1 saturated carbocycles. The van der Waals surface area contributed by atoms with Crippen molar-refractivity contribution in [3.05, 3.63) is 41.2 Å². The number of rotatable bonds is 7. The first kappa shape index (κ1) is 21.3. The zero-order valence-corrected chi connectivity index (χ0v) is 17.2. The molecule has 9 heteroatoms. The van der Waals surface area contributed by atoms with Crippen LogP contribution in [0.25, 0.3) is 0 Å². The van der Waals surface area contributed by atoms with Gasteiger partial charge < -0.3 is 15.7 Å². The van der Waals surface area contributed by atoms with Crippen molar-refractivity contribution < 1.29 is 23.1 Å². The summed E-state index contributed by atoms with van der Waals surface area (Å²) in [5.74, 6) is -1.18. The molecule has 2 amide bonds. The fourth-order valence-corrected chi connectivity index (χ4v) is 4.68. The quantitative estimate of drug-likeness (QED) is 0.501. The highest BCUT2D eigenvalue weighted by Gasteiger charge is 2.37. The molecule has 1 heterocycles. The van der Waals surface area contributed by atoms with Crippen molar-refractivity contribution in [2.24, 2.45) is 5.92 Å². The van der Waals surface area contributed by atoms with Gasteiger partial charge in [-0.1, -0.05) is 44.2 Å². The van der Waals surface area contributed by atoms with Gasteiger partial charge in [0.1, 0.15) is 11.3 Å². The van der Waals surface area contributed by atoms with Crippen LogP contribution in [-0.4, -0.2) is 38.4 Å². The number of anilines is 1. The van der Waals surface area contributed by atoms with E-state index >= 15 is 0 Å². The molecule has 1 aromatic carbocycles. The largest absolute Gasteiger partial charge is 0.509 e. The number of nitrogens with one attached hydrogen (secondary N) is 3. The van der Waals surface area contributed by atoms with Crippen LogP contribution >= 0.6 is 0 Å².